The molecule has 3 heterocycles. The van der Waals surface area contributed by atoms with E-state index in [9.17, 15) is 4.79 Å². The molecule has 0 aliphatic heterocycles. The molecule has 28 heavy (non-hydrogen) atoms. The highest BCUT2D eigenvalue weighted by Gasteiger charge is 2.14. The van der Waals surface area contributed by atoms with Crippen LogP contribution in [0.2, 0.25) is 0 Å². The lowest BCUT2D eigenvalue weighted by molar-refractivity contribution is 0.673. The van der Waals surface area contributed by atoms with Gasteiger partial charge in [0.2, 0.25) is 0 Å². The monoisotopic (exact) mass is 370 g/mol. The van der Waals surface area contributed by atoms with Crippen LogP contribution in [0.4, 0.5) is 5.69 Å². The SMILES string of the molecule is CC(CCc1cc2cccnc2n(-c2cccc(N)c2)c1=O)c1ccncc1. The highest BCUT2D eigenvalue weighted by atomic mass is 16.1. The molecule has 1 aromatic carbocycles. The normalized spacial score (nSPS) is 12.2. The molecule has 0 spiro atoms. The molecule has 0 amide bonds. The highest BCUT2D eigenvalue weighted by molar-refractivity contribution is 5.77. The van der Waals surface area contributed by atoms with Crippen molar-refractivity contribution in [3.63, 3.8) is 0 Å². The van der Waals surface area contributed by atoms with Crippen LogP contribution in [-0.2, 0) is 6.42 Å². The smallest absolute Gasteiger partial charge is 0.259 e. The maximum Gasteiger partial charge on any atom is 0.259 e. The molecule has 0 fully saturated rings. The molecular weight excluding hydrogens is 348 g/mol. The Morgan fingerprint density at radius 2 is 1.86 bits per heavy atom. The van der Waals surface area contributed by atoms with Crippen molar-refractivity contribution in [2.24, 2.45) is 0 Å². The van der Waals surface area contributed by atoms with Crippen molar-refractivity contribution in [2.75, 3.05) is 5.73 Å². The number of nitrogen functional groups attached to an aromatic ring is 1. The summed E-state index contributed by atoms with van der Waals surface area (Å²) in [5.74, 6) is 0.341. The summed E-state index contributed by atoms with van der Waals surface area (Å²) in [6.07, 6.45) is 6.88. The van der Waals surface area contributed by atoms with E-state index >= 15 is 0 Å². The van der Waals surface area contributed by atoms with Crippen LogP contribution in [0.25, 0.3) is 16.7 Å². The van der Waals surface area contributed by atoms with E-state index in [1.165, 1.54) is 5.56 Å². The largest absolute Gasteiger partial charge is 0.399 e. The van der Waals surface area contributed by atoms with E-state index in [2.05, 4.69) is 16.9 Å². The highest BCUT2D eigenvalue weighted by Crippen LogP contribution is 2.22. The molecular formula is C23H22N4O. The van der Waals surface area contributed by atoms with E-state index in [1.807, 2.05) is 48.5 Å². The lowest BCUT2D eigenvalue weighted by Gasteiger charge is -2.15. The molecule has 5 heteroatoms. The van der Waals surface area contributed by atoms with Gasteiger partial charge in [0.05, 0.1) is 5.69 Å². The third kappa shape index (κ3) is 3.51. The van der Waals surface area contributed by atoms with Crippen molar-refractivity contribution in [2.45, 2.75) is 25.7 Å². The van der Waals surface area contributed by atoms with Crippen molar-refractivity contribution in [1.29, 1.82) is 0 Å². The van der Waals surface area contributed by atoms with Crippen LogP contribution in [0.3, 0.4) is 0 Å². The summed E-state index contributed by atoms with van der Waals surface area (Å²) in [7, 11) is 0. The number of aryl methyl sites for hydroxylation is 1. The number of nitrogens with two attached hydrogens (primary N) is 1. The minimum atomic E-state index is -0.0428. The number of benzene rings is 1. The Balaban J connectivity index is 1.75. The fourth-order valence-electron chi connectivity index (χ4n) is 3.51. The molecule has 1 unspecified atom stereocenters. The Kier molecular flexibility index (Phi) is 4.89. The Morgan fingerprint density at radius 1 is 1.04 bits per heavy atom. The van der Waals surface area contributed by atoms with Crippen molar-refractivity contribution in [1.82, 2.24) is 14.5 Å². The van der Waals surface area contributed by atoms with Crippen LogP contribution < -0.4 is 11.3 Å². The molecule has 0 radical (unpaired) electrons. The van der Waals surface area contributed by atoms with E-state index in [4.69, 9.17) is 5.73 Å². The molecule has 0 bridgehead atoms. The van der Waals surface area contributed by atoms with Crippen molar-refractivity contribution >= 4 is 16.7 Å². The van der Waals surface area contributed by atoms with Gasteiger partial charge in [-0.15, -0.1) is 0 Å². The van der Waals surface area contributed by atoms with Crippen molar-refractivity contribution in [3.8, 4) is 5.69 Å². The topological polar surface area (TPSA) is 73.8 Å². The van der Waals surface area contributed by atoms with E-state index in [-0.39, 0.29) is 5.56 Å². The van der Waals surface area contributed by atoms with Gasteiger partial charge < -0.3 is 5.73 Å². The molecule has 0 aliphatic carbocycles. The zero-order valence-electron chi connectivity index (χ0n) is 15.7. The molecule has 0 aliphatic rings. The Hall–Kier alpha value is -3.47. The summed E-state index contributed by atoms with van der Waals surface area (Å²) in [5.41, 5.74) is 9.91. The van der Waals surface area contributed by atoms with Gasteiger partial charge in [-0.1, -0.05) is 13.0 Å². The molecule has 0 saturated heterocycles. The molecule has 0 saturated carbocycles. The second-order valence-electron chi connectivity index (χ2n) is 7.04. The van der Waals surface area contributed by atoms with Crippen molar-refractivity contribution in [3.05, 3.63) is 94.7 Å². The number of nitrogens with zero attached hydrogens (tertiary/aromatic N) is 3. The predicted octanol–water partition coefficient (Wildman–Crippen LogP) is 4.10. The van der Waals surface area contributed by atoms with E-state index in [0.717, 1.165) is 23.1 Å². The third-order valence-electron chi connectivity index (χ3n) is 5.09. The van der Waals surface area contributed by atoms with Gasteiger partial charge in [0.1, 0.15) is 5.65 Å². The minimum absolute atomic E-state index is 0.0428. The summed E-state index contributed by atoms with van der Waals surface area (Å²) in [4.78, 5) is 21.8. The Bertz CT molecular complexity index is 1170. The number of hydrogen-bond donors (Lipinski definition) is 1. The van der Waals surface area contributed by atoms with Crippen LogP contribution >= 0.6 is 0 Å². The standard InChI is InChI=1S/C23H22N4O/c1-16(17-9-12-25-13-10-17)7-8-19-14-18-4-3-11-26-22(18)27(23(19)28)21-6-2-5-20(24)15-21/h2-6,9-16H,7-8,24H2,1H3. The average molecular weight is 370 g/mol. The van der Waals surface area contributed by atoms with Crippen LogP contribution in [0.1, 0.15) is 30.4 Å². The van der Waals surface area contributed by atoms with Gasteiger partial charge in [0.15, 0.2) is 0 Å². The van der Waals surface area contributed by atoms with Gasteiger partial charge in [-0.05, 0) is 72.9 Å². The van der Waals surface area contributed by atoms with Crippen LogP contribution in [0.15, 0.2) is 78.0 Å². The molecule has 5 nitrogen and oxygen atoms in total. The number of rotatable bonds is 5. The Labute approximate surface area is 163 Å². The van der Waals surface area contributed by atoms with Crippen molar-refractivity contribution < 1.29 is 0 Å². The average Bonchev–Trinajstić information content (AvgIpc) is 2.72. The molecule has 1 atom stereocenters. The van der Waals surface area contributed by atoms with Gasteiger partial charge in [0.25, 0.3) is 5.56 Å². The number of aromatic nitrogens is 3. The van der Waals surface area contributed by atoms with Crippen LogP contribution in [-0.4, -0.2) is 14.5 Å². The van der Waals surface area contributed by atoms with Gasteiger partial charge >= 0.3 is 0 Å². The first kappa shape index (κ1) is 17.9. The van der Waals surface area contributed by atoms with Gasteiger partial charge in [-0.3, -0.25) is 14.3 Å². The van der Waals surface area contributed by atoms with Crippen LogP contribution in [0.5, 0.6) is 0 Å². The second-order valence-corrected chi connectivity index (χ2v) is 7.04. The van der Waals surface area contributed by atoms with Gasteiger partial charge in [-0.2, -0.15) is 0 Å². The van der Waals surface area contributed by atoms with E-state index in [0.29, 0.717) is 23.7 Å². The number of pyridine rings is 3. The molecule has 2 N–H and O–H groups in total. The number of anilines is 1. The van der Waals surface area contributed by atoms with E-state index < -0.39 is 0 Å². The maximum absolute atomic E-state index is 13.3. The van der Waals surface area contributed by atoms with Gasteiger partial charge in [0, 0.05) is 35.2 Å². The first-order valence-corrected chi connectivity index (χ1v) is 9.39. The second kappa shape index (κ2) is 7.64. The zero-order valence-corrected chi connectivity index (χ0v) is 15.7. The third-order valence-corrected chi connectivity index (χ3v) is 5.09. The molecule has 4 aromatic rings. The fraction of sp³-hybridized carbons (Fsp3) is 0.174. The molecule has 3 aromatic heterocycles. The first-order chi connectivity index (χ1) is 13.6. The number of fused-ring (bicyclic) bond motifs is 1. The summed E-state index contributed by atoms with van der Waals surface area (Å²) < 4.78 is 1.66. The first-order valence-electron chi connectivity index (χ1n) is 9.39. The summed E-state index contributed by atoms with van der Waals surface area (Å²) in [5, 5.41) is 0.941. The Morgan fingerprint density at radius 3 is 2.64 bits per heavy atom. The lowest BCUT2D eigenvalue weighted by Crippen LogP contribution is -2.23. The summed E-state index contributed by atoms with van der Waals surface area (Å²) in [6.45, 7) is 2.17. The fourth-order valence-corrected chi connectivity index (χ4v) is 3.51. The zero-order chi connectivity index (χ0) is 19.5. The van der Waals surface area contributed by atoms with Gasteiger partial charge in [-0.25, -0.2) is 4.98 Å². The predicted molar refractivity (Wildman–Crippen MR) is 113 cm³/mol. The number of hydrogen-bond acceptors (Lipinski definition) is 4. The summed E-state index contributed by atoms with van der Waals surface area (Å²) >= 11 is 0. The lowest BCUT2D eigenvalue weighted by atomic mass is 9.95. The summed E-state index contributed by atoms with van der Waals surface area (Å²) in [6, 6.07) is 17.2. The molecule has 140 valence electrons. The van der Waals surface area contributed by atoms with Crippen LogP contribution in [0, 0.1) is 0 Å². The minimum Gasteiger partial charge on any atom is -0.399 e. The maximum atomic E-state index is 13.3. The molecule has 4 rings (SSSR count). The van der Waals surface area contributed by atoms with E-state index in [1.54, 1.807) is 29.2 Å². The quantitative estimate of drug-likeness (QED) is 0.537.